The second-order valence-electron chi connectivity index (χ2n) is 7.48. The molecule has 1 aromatic heterocycles. The molecule has 3 aromatic carbocycles. The molecule has 0 amide bonds. The van der Waals surface area contributed by atoms with Gasteiger partial charge in [-0.3, -0.25) is 0 Å². The Hall–Kier alpha value is -3.94. The number of halogens is 3. The van der Waals surface area contributed by atoms with Crippen LogP contribution in [-0.2, 0) is 6.61 Å². The van der Waals surface area contributed by atoms with Gasteiger partial charge in [-0.15, -0.1) is 13.2 Å². The molecule has 0 N–H and O–H groups in total. The van der Waals surface area contributed by atoms with Crippen molar-refractivity contribution in [1.29, 1.82) is 0 Å². The van der Waals surface area contributed by atoms with Gasteiger partial charge < -0.3 is 18.8 Å². The maximum Gasteiger partial charge on any atom is 0.573 e. The van der Waals surface area contributed by atoms with Crippen molar-refractivity contribution in [3.63, 3.8) is 0 Å². The van der Waals surface area contributed by atoms with Gasteiger partial charge >= 0.3 is 6.36 Å². The number of oxazole rings is 1. The van der Waals surface area contributed by atoms with Gasteiger partial charge in [-0.2, -0.15) is 0 Å². The van der Waals surface area contributed by atoms with Gasteiger partial charge in [0.15, 0.2) is 5.58 Å². The van der Waals surface area contributed by atoms with Crippen LogP contribution in [0.3, 0.4) is 0 Å². The van der Waals surface area contributed by atoms with Crippen molar-refractivity contribution in [3.8, 4) is 11.5 Å². The Bertz CT molecular complexity index is 1240. The van der Waals surface area contributed by atoms with Gasteiger partial charge in [0.25, 0.3) is 0 Å². The van der Waals surface area contributed by atoms with E-state index in [1.54, 1.807) is 24.3 Å². The molecule has 0 radical (unpaired) electrons. The summed E-state index contributed by atoms with van der Waals surface area (Å²) in [4.78, 5) is 6.48. The highest BCUT2D eigenvalue weighted by Crippen LogP contribution is 2.25. The lowest BCUT2D eigenvalue weighted by molar-refractivity contribution is -0.274. The van der Waals surface area contributed by atoms with Gasteiger partial charge in [0.1, 0.15) is 23.6 Å². The molecule has 0 bridgehead atoms. The predicted octanol–water partition coefficient (Wildman–Crippen LogP) is 6.54. The lowest BCUT2D eigenvalue weighted by atomic mass is 10.2. The highest BCUT2D eigenvalue weighted by molar-refractivity contribution is 5.77. The highest BCUT2D eigenvalue weighted by Gasteiger charge is 2.30. The molecule has 8 heteroatoms. The Balaban J connectivity index is 1.39. The van der Waals surface area contributed by atoms with E-state index >= 15 is 0 Å². The number of aromatic nitrogens is 1. The van der Waals surface area contributed by atoms with E-state index in [1.165, 1.54) is 24.3 Å². The minimum atomic E-state index is -4.71. The minimum absolute atomic E-state index is 0.182. The smallest absolute Gasteiger partial charge is 0.489 e. The SMILES string of the molecule is CN(C)c1ccc(C=Cc2nc3ccc(OCc4ccc(OC(F)(F)F)cc4)cc3o2)cc1. The maximum absolute atomic E-state index is 12.2. The average molecular weight is 454 g/mol. The number of hydrogen-bond acceptors (Lipinski definition) is 5. The summed E-state index contributed by atoms with van der Waals surface area (Å²) in [5.74, 6) is 0.756. The van der Waals surface area contributed by atoms with Gasteiger partial charge in [-0.1, -0.05) is 24.3 Å². The lowest BCUT2D eigenvalue weighted by Crippen LogP contribution is -2.17. The van der Waals surface area contributed by atoms with Gasteiger partial charge in [0.2, 0.25) is 5.89 Å². The van der Waals surface area contributed by atoms with E-state index in [1.807, 2.05) is 49.3 Å². The molecular formula is C25H21F3N2O3. The van der Waals surface area contributed by atoms with Crippen LogP contribution in [0.2, 0.25) is 0 Å². The normalized spacial score (nSPS) is 11.8. The standard InChI is InChI=1S/C25H21F3N2O3/c1-30(2)19-8-3-17(4-9-19)7-14-24-29-22-13-12-21(15-23(22)32-24)31-16-18-5-10-20(11-6-18)33-25(26,27)28/h3-15H,16H2,1-2H3. The van der Waals surface area contributed by atoms with Gasteiger partial charge in [-0.05, 0) is 53.6 Å². The second-order valence-corrected chi connectivity index (χ2v) is 7.48. The Labute approximate surface area is 188 Å². The number of hydrogen-bond donors (Lipinski definition) is 0. The second kappa shape index (κ2) is 9.28. The predicted molar refractivity (Wildman–Crippen MR) is 121 cm³/mol. The van der Waals surface area contributed by atoms with Crippen molar-refractivity contribution >= 4 is 28.9 Å². The highest BCUT2D eigenvalue weighted by atomic mass is 19.4. The van der Waals surface area contributed by atoms with Gasteiger partial charge in [0.05, 0.1) is 0 Å². The molecule has 0 aliphatic carbocycles. The van der Waals surface area contributed by atoms with Crippen LogP contribution in [0, 0.1) is 0 Å². The fraction of sp³-hybridized carbons (Fsp3) is 0.160. The van der Waals surface area contributed by atoms with Crippen molar-refractivity contribution in [2.75, 3.05) is 19.0 Å². The van der Waals surface area contributed by atoms with E-state index in [0.29, 0.717) is 28.3 Å². The molecule has 33 heavy (non-hydrogen) atoms. The first kappa shape index (κ1) is 22.3. The maximum atomic E-state index is 12.2. The first-order valence-electron chi connectivity index (χ1n) is 10.1. The number of benzene rings is 3. The Morgan fingerprint density at radius 3 is 2.27 bits per heavy atom. The number of ether oxygens (including phenoxy) is 2. The summed E-state index contributed by atoms with van der Waals surface area (Å²) in [6.07, 6.45) is -0.987. The number of fused-ring (bicyclic) bond motifs is 1. The van der Waals surface area contributed by atoms with Crippen LogP contribution in [0.5, 0.6) is 11.5 Å². The molecule has 0 saturated carbocycles. The number of alkyl halides is 3. The monoisotopic (exact) mass is 454 g/mol. The van der Waals surface area contributed by atoms with Crippen LogP contribution in [0.4, 0.5) is 18.9 Å². The van der Waals surface area contributed by atoms with Crippen LogP contribution in [0.25, 0.3) is 23.3 Å². The molecule has 4 rings (SSSR count). The number of nitrogens with zero attached hydrogens (tertiary/aromatic N) is 2. The average Bonchev–Trinajstić information content (AvgIpc) is 3.19. The van der Waals surface area contributed by atoms with Crippen molar-refractivity contribution in [3.05, 3.63) is 83.7 Å². The summed E-state index contributed by atoms with van der Waals surface area (Å²) in [6.45, 7) is 0.182. The quantitative estimate of drug-likeness (QED) is 0.317. The van der Waals surface area contributed by atoms with E-state index in [0.717, 1.165) is 11.3 Å². The Morgan fingerprint density at radius 1 is 0.909 bits per heavy atom. The zero-order valence-corrected chi connectivity index (χ0v) is 18.0. The van der Waals surface area contributed by atoms with E-state index in [2.05, 4.69) is 9.72 Å². The fourth-order valence-electron chi connectivity index (χ4n) is 3.09. The van der Waals surface area contributed by atoms with E-state index in [9.17, 15) is 13.2 Å². The molecule has 0 atom stereocenters. The van der Waals surface area contributed by atoms with Crippen LogP contribution in [-0.4, -0.2) is 25.4 Å². The summed E-state index contributed by atoms with van der Waals surface area (Å²) in [7, 11) is 3.98. The molecule has 0 fully saturated rings. The van der Waals surface area contributed by atoms with Crippen molar-refractivity contribution in [2.24, 2.45) is 0 Å². The van der Waals surface area contributed by atoms with Crippen molar-refractivity contribution < 1.29 is 27.1 Å². The molecule has 1 heterocycles. The molecule has 0 saturated heterocycles. The Morgan fingerprint density at radius 2 is 1.61 bits per heavy atom. The molecule has 0 spiro atoms. The number of anilines is 1. The van der Waals surface area contributed by atoms with Crippen LogP contribution < -0.4 is 14.4 Å². The lowest BCUT2D eigenvalue weighted by Gasteiger charge is -2.11. The third kappa shape index (κ3) is 6.06. The first-order valence-corrected chi connectivity index (χ1v) is 10.1. The summed E-state index contributed by atoms with van der Waals surface area (Å²) in [6, 6.07) is 18.9. The summed E-state index contributed by atoms with van der Waals surface area (Å²) < 4.78 is 52.1. The molecular weight excluding hydrogens is 433 g/mol. The zero-order chi connectivity index (χ0) is 23.4. The van der Waals surface area contributed by atoms with E-state index in [4.69, 9.17) is 9.15 Å². The van der Waals surface area contributed by atoms with E-state index < -0.39 is 6.36 Å². The molecule has 0 unspecified atom stereocenters. The van der Waals surface area contributed by atoms with Crippen molar-refractivity contribution in [1.82, 2.24) is 4.98 Å². The van der Waals surface area contributed by atoms with Crippen LogP contribution >= 0.6 is 0 Å². The van der Waals surface area contributed by atoms with Crippen LogP contribution in [0.1, 0.15) is 17.0 Å². The molecule has 170 valence electrons. The van der Waals surface area contributed by atoms with Crippen molar-refractivity contribution in [2.45, 2.75) is 13.0 Å². The van der Waals surface area contributed by atoms with Crippen LogP contribution in [0.15, 0.2) is 71.1 Å². The molecule has 4 aromatic rings. The Kier molecular flexibility index (Phi) is 6.26. The first-order chi connectivity index (χ1) is 15.7. The minimum Gasteiger partial charge on any atom is -0.489 e. The zero-order valence-electron chi connectivity index (χ0n) is 18.0. The van der Waals surface area contributed by atoms with Gasteiger partial charge in [0, 0.05) is 31.9 Å². The third-order valence-electron chi connectivity index (χ3n) is 4.77. The molecule has 5 nitrogen and oxygen atoms in total. The summed E-state index contributed by atoms with van der Waals surface area (Å²) in [5, 5.41) is 0. The molecule has 0 aliphatic rings. The number of rotatable bonds is 7. The topological polar surface area (TPSA) is 47.7 Å². The summed E-state index contributed by atoms with van der Waals surface area (Å²) >= 11 is 0. The molecule has 0 aliphatic heterocycles. The third-order valence-corrected chi connectivity index (χ3v) is 4.77. The van der Waals surface area contributed by atoms with E-state index in [-0.39, 0.29) is 12.4 Å². The van der Waals surface area contributed by atoms with Gasteiger partial charge in [-0.25, -0.2) is 4.98 Å². The fourth-order valence-corrected chi connectivity index (χ4v) is 3.09. The summed E-state index contributed by atoms with van der Waals surface area (Å²) in [5.41, 5.74) is 4.11. The largest absolute Gasteiger partial charge is 0.573 e.